The molecule has 0 aliphatic rings. The van der Waals surface area contributed by atoms with Gasteiger partial charge in [-0.05, 0) is 66.7 Å². The summed E-state index contributed by atoms with van der Waals surface area (Å²) in [6.45, 7) is 3.18. The minimum Gasteiger partial charge on any atom is -0.491 e. The van der Waals surface area contributed by atoms with E-state index in [1.54, 1.807) is 12.0 Å². The lowest BCUT2D eigenvalue weighted by atomic mass is 10.1. The van der Waals surface area contributed by atoms with Crippen molar-refractivity contribution >= 4 is 40.4 Å². The highest BCUT2D eigenvalue weighted by atomic mass is 35.5. The minimum atomic E-state index is -0.0892. The molecule has 1 unspecified atom stereocenters. The summed E-state index contributed by atoms with van der Waals surface area (Å²) in [4.78, 5) is 3.96. The van der Waals surface area contributed by atoms with E-state index in [1.165, 1.54) is 0 Å². The van der Waals surface area contributed by atoms with E-state index >= 15 is 0 Å². The molecule has 3 rings (SSSR count). The topological polar surface area (TPSA) is 34.2 Å². The molecule has 7 heteroatoms. The molecule has 0 amide bonds. The molecule has 1 atom stereocenters. The lowest BCUT2D eigenvalue weighted by molar-refractivity contribution is 0.0636. The molecule has 180 valence electrons. The van der Waals surface area contributed by atoms with Crippen molar-refractivity contribution in [2.45, 2.75) is 19.4 Å². The molecule has 3 aromatic rings. The number of para-hydroxylation sites is 1. The van der Waals surface area contributed by atoms with Gasteiger partial charge in [-0.15, -0.1) is 0 Å². The highest BCUT2D eigenvalue weighted by molar-refractivity contribution is 7.80. The lowest BCUT2D eigenvalue weighted by Gasteiger charge is -2.25. The number of hydrogen-bond donors (Lipinski definition) is 0. The van der Waals surface area contributed by atoms with Gasteiger partial charge < -0.3 is 24.0 Å². The van der Waals surface area contributed by atoms with Crippen LogP contribution in [0.15, 0.2) is 72.8 Å². The van der Waals surface area contributed by atoms with Crippen LogP contribution < -0.4 is 19.3 Å². The first kappa shape index (κ1) is 25.8. The maximum absolute atomic E-state index is 6.21. The predicted molar refractivity (Wildman–Crippen MR) is 145 cm³/mol. The summed E-state index contributed by atoms with van der Waals surface area (Å²) in [5, 5.41) is 1.06. The van der Waals surface area contributed by atoms with Gasteiger partial charge in [0.25, 0.3) is 5.17 Å². The number of nitrogens with zero attached hydrogens (tertiary/aromatic N) is 2. The van der Waals surface area contributed by atoms with Crippen LogP contribution in [0.4, 0.5) is 11.4 Å². The average molecular weight is 499 g/mol. The summed E-state index contributed by atoms with van der Waals surface area (Å²) in [6, 6.07) is 23.5. The standard InChI is InChI=1S/C27H31ClN2O3S/c1-5-20-16-24(14-15-26(20)28)33-27(34)30(3)22-12-9-13-23(17-22)32-19-25(31-4)18-29(2)21-10-7-6-8-11-21/h6-17,25H,5,18-19H2,1-4H3. The van der Waals surface area contributed by atoms with Crippen LogP contribution in [0, 0.1) is 0 Å². The number of hydrogen-bond acceptors (Lipinski definition) is 5. The Hall–Kier alpha value is -2.80. The maximum Gasteiger partial charge on any atom is 0.269 e. The van der Waals surface area contributed by atoms with E-state index in [0.717, 1.165) is 34.1 Å². The van der Waals surface area contributed by atoms with Crippen molar-refractivity contribution in [2.24, 2.45) is 0 Å². The van der Waals surface area contributed by atoms with Gasteiger partial charge in [0.1, 0.15) is 24.2 Å². The quantitative estimate of drug-likeness (QED) is 0.308. The fourth-order valence-electron chi connectivity index (χ4n) is 3.42. The number of likely N-dealkylation sites (N-methyl/N-ethyl adjacent to an activating group) is 1. The van der Waals surface area contributed by atoms with E-state index in [4.69, 9.17) is 38.0 Å². The van der Waals surface area contributed by atoms with Gasteiger partial charge in [-0.3, -0.25) is 0 Å². The number of rotatable bonds is 10. The van der Waals surface area contributed by atoms with Crippen molar-refractivity contribution in [2.75, 3.05) is 44.2 Å². The third kappa shape index (κ3) is 7.10. The summed E-state index contributed by atoms with van der Waals surface area (Å²) >= 11 is 11.7. The molecule has 0 saturated carbocycles. The first-order chi connectivity index (χ1) is 16.4. The van der Waals surface area contributed by atoms with Crippen LogP contribution in [0.5, 0.6) is 11.5 Å². The van der Waals surface area contributed by atoms with Crippen LogP contribution in [0.3, 0.4) is 0 Å². The van der Waals surface area contributed by atoms with E-state index in [-0.39, 0.29) is 6.10 Å². The van der Waals surface area contributed by atoms with Crippen molar-refractivity contribution < 1.29 is 14.2 Å². The summed E-state index contributed by atoms with van der Waals surface area (Å²) < 4.78 is 17.6. The van der Waals surface area contributed by atoms with Crippen molar-refractivity contribution in [3.8, 4) is 11.5 Å². The molecule has 0 aliphatic carbocycles. The molecule has 0 bridgehead atoms. The Morgan fingerprint density at radius 1 is 0.941 bits per heavy atom. The van der Waals surface area contributed by atoms with Gasteiger partial charge in [-0.25, -0.2) is 0 Å². The van der Waals surface area contributed by atoms with E-state index < -0.39 is 0 Å². The van der Waals surface area contributed by atoms with Gasteiger partial charge >= 0.3 is 0 Å². The zero-order valence-electron chi connectivity index (χ0n) is 20.0. The van der Waals surface area contributed by atoms with Crippen molar-refractivity contribution in [1.29, 1.82) is 0 Å². The third-order valence-electron chi connectivity index (χ3n) is 5.53. The number of aryl methyl sites for hydroxylation is 1. The molecule has 5 nitrogen and oxygen atoms in total. The summed E-state index contributed by atoms with van der Waals surface area (Å²) in [5.41, 5.74) is 3.02. The molecule has 34 heavy (non-hydrogen) atoms. The summed E-state index contributed by atoms with van der Waals surface area (Å²) in [7, 11) is 5.61. The molecule has 0 radical (unpaired) electrons. The first-order valence-electron chi connectivity index (χ1n) is 11.2. The Morgan fingerprint density at radius 3 is 2.38 bits per heavy atom. The van der Waals surface area contributed by atoms with Crippen molar-refractivity contribution in [3.05, 3.63) is 83.4 Å². The highest BCUT2D eigenvalue weighted by Gasteiger charge is 2.14. The number of ether oxygens (including phenoxy) is 3. The molecule has 0 aliphatic heterocycles. The van der Waals surface area contributed by atoms with E-state index in [2.05, 4.69) is 24.0 Å². The van der Waals surface area contributed by atoms with Gasteiger partial charge in [-0.1, -0.05) is 42.8 Å². The number of thiocarbonyl (C=S) groups is 1. The minimum absolute atomic E-state index is 0.0892. The van der Waals surface area contributed by atoms with Crippen molar-refractivity contribution in [3.63, 3.8) is 0 Å². The van der Waals surface area contributed by atoms with Crippen molar-refractivity contribution in [1.82, 2.24) is 0 Å². The molecule has 0 saturated heterocycles. The van der Waals surface area contributed by atoms with Gasteiger partial charge in [-0.2, -0.15) is 0 Å². The van der Waals surface area contributed by atoms with Crippen LogP contribution in [0.2, 0.25) is 5.02 Å². The molecule has 0 aromatic heterocycles. The number of methoxy groups -OCH3 is 1. The van der Waals surface area contributed by atoms with Crippen LogP contribution in [0.25, 0.3) is 0 Å². The van der Waals surface area contributed by atoms with Crippen LogP contribution in [0.1, 0.15) is 12.5 Å². The average Bonchev–Trinajstić information content (AvgIpc) is 2.87. The molecule has 0 fully saturated rings. The zero-order chi connectivity index (χ0) is 24.5. The Labute approximate surface area is 212 Å². The second-order valence-corrected chi connectivity index (χ2v) is 8.67. The summed E-state index contributed by atoms with van der Waals surface area (Å²) in [6.07, 6.45) is 0.732. The Morgan fingerprint density at radius 2 is 1.68 bits per heavy atom. The smallest absolute Gasteiger partial charge is 0.269 e. The highest BCUT2D eigenvalue weighted by Crippen LogP contribution is 2.25. The molecule has 0 spiro atoms. The molecule has 0 N–H and O–H groups in total. The normalized spacial score (nSPS) is 11.6. The Bertz CT molecular complexity index is 1080. The number of halogens is 1. The summed E-state index contributed by atoms with van der Waals surface area (Å²) in [5.74, 6) is 1.40. The molecular formula is C27H31ClN2O3S. The number of anilines is 2. The number of benzene rings is 3. The van der Waals surface area contributed by atoms with Gasteiger partial charge in [0, 0.05) is 50.2 Å². The molecule has 0 heterocycles. The van der Waals surface area contributed by atoms with E-state index in [0.29, 0.717) is 24.1 Å². The second kappa shape index (κ2) is 12.6. The SMILES string of the molecule is CCc1cc(OC(=S)N(C)c2cccc(OCC(CN(C)c3ccccc3)OC)c2)ccc1Cl. The van der Waals surface area contributed by atoms with Gasteiger partial charge in [0.05, 0.1) is 0 Å². The van der Waals surface area contributed by atoms with Crippen LogP contribution >= 0.6 is 23.8 Å². The van der Waals surface area contributed by atoms with Gasteiger partial charge in [0.2, 0.25) is 0 Å². The first-order valence-corrected chi connectivity index (χ1v) is 12.0. The van der Waals surface area contributed by atoms with Gasteiger partial charge in [0.15, 0.2) is 0 Å². The predicted octanol–water partition coefficient (Wildman–Crippen LogP) is 6.23. The third-order valence-corrected chi connectivity index (χ3v) is 6.25. The lowest BCUT2D eigenvalue weighted by Crippen LogP contribution is -2.34. The fourth-order valence-corrected chi connectivity index (χ4v) is 3.87. The molecule has 3 aromatic carbocycles. The Kier molecular flexibility index (Phi) is 9.57. The molecular weight excluding hydrogens is 468 g/mol. The van der Waals surface area contributed by atoms with Crippen LogP contribution in [-0.2, 0) is 11.2 Å². The monoisotopic (exact) mass is 498 g/mol. The fraction of sp³-hybridized carbons (Fsp3) is 0.296. The van der Waals surface area contributed by atoms with E-state index in [1.807, 2.05) is 74.8 Å². The maximum atomic E-state index is 6.21. The Balaban J connectivity index is 1.59. The van der Waals surface area contributed by atoms with E-state index in [9.17, 15) is 0 Å². The second-order valence-electron chi connectivity index (χ2n) is 7.92. The van der Waals surface area contributed by atoms with Crippen LogP contribution in [-0.4, -0.2) is 45.6 Å². The zero-order valence-corrected chi connectivity index (χ0v) is 21.6. The largest absolute Gasteiger partial charge is 0.491 e.